The Bertz CT molecular complexity index is 267. The second-order valence-electron chi connectivity index (χ2n) is 3.63. The second-order valence-corrected chi connectivity index (χ2v) is 3.63. The van der Waals surface area contributed by atoms with Crippen LogP contribution in [0, 0.1) is 0 Å². The molecule has 14 heavy (non-hydrogen) atoms. The van der Waals surface area contributed by atoms with E-state index in [-0.39, 0.29) is 0 Å². The molecule has 0 N–H and O–H groups in total. The van der Waals surface area contributed by atoms with Gasteiger partial charge in [-0.05, 0) is 43.7 Å². The monoisotopic (exact) mass is 188 g/mol. The zero-order valence-electron chi connectivity index (χ0n) is 9.29. The first kappa shape index (κ1) is 11.0. The van der Waals surface area contributed by atoms with Gasteiger partial charge in [0.1, 0.15) is 0 Å². The molecule has 0 aliphatic heterocycles. The summed E-state index contributed by atoms with van der Waals surface area (Å²) in [7, 11) is 0. The van der Waals surface area contributed by atoms with Crippen molar-refractivity contribution in [3.8, 4) is 0 Å². The molecule has 0 heteroatoms. The number of aryl methyl sites for hydroxylation is 2. The van der Waals surface area contributed by atoms with E-state index in [2.05, 4.69) is 50.3 Å². The van der Waals surface area contributed by atoms with Crippen molar-refractivity contribution in [1.82, 2.24) is 0 Å². The standard InChI is InChI=1S/C14H20/c1-3-5-6-7-8-14-11-9-13(4-2)10-12-14/h3,5,9-12H,4,6-8H2,1-2H3/b5-3-. The molecule has 0 nitrogen and oxygen atoms in total. The van der Waals surface area contributed by atoms with Gasteiger partial charge in [-0.3, -0.25) is 0 Å². The Kier molecular flexibility index (Phi) is 5.06. The summed E-state index contributed by atoms with van der Waals surface area (Å²) in [6.07, 6.45) is 9.16. The Morgan fingerprint density at radius 2 is 1.71 bits per heavy atom. The van der Waals surface area contributed by atoms with Crippen LogP contribution in [0.5, 0.6) is 0 Å². The van der Waals surface area contributed by atoms with E-state index in [0.29, 0.717) is 0 Å². The highest BCUT2D eigenvalue weighted by atomic mass is 14.0. The van der Waals surface area contributed by atoms with Crippen LogP contribution in [-0.4, -0.2) is 0 Å². The smallest absolute Gasteiger partial charge is 0.0276 e. The normalized spacial score (nSPS) is 11.0. The fourth-order valence-corrected chi connectivity index (χ4v) is 1.53. The minimum atomic E-state index is 1.14. The summed E-state index contributed by atoms with van der Waals surface area (Å²) < 4.78 is 0. The van der Waals surface area contributed by atoms with E-state index in [1.54, 1.807) is 0 Å². The number of unbranched alkanes of at least 4 members (excludes halogenated alkanes) is 1. The van der Waals surface area contributed by atoms with Crippen molar-refractivity contribution in [3.05, 3.63) is 47.5 Å². The van der Waals surface area contributed by atoms with Crippen LogP contribution < -0.4 is 0 Å². The second kappa shape index (κ2) is 6.42. The van der Waals surface area contributed by atoms with E-state index >= 15 is 0 Å². The third-order valence-corrected chi connectivity index (χ3v) is 2.50. The summed E-state index contributed by atoms with van der Waals surface area (Å²) in [4.78, 5) is 0. The Hall–Kier alpha value is -1.04. The molecule has 0 aliphatic rings. The van der Waals surface area contributed by atoms with E-state index < -0.39 is 0 Å². The van der Waals surface area contributed by atoms with Crippen molar-refractivity contribution in [2.24, 2.45) is 0 Å². The molecule has 0 bridgehead atoms. The number of hydrogen-bond donors (Lipinski definition) is 0. The van der Waals surface area contributed by atoms with Gasteiger partial charge in [-0.2, -0.15) is 0 Å². The number of rotatable bonds is 5. The maximum atomic E-state index is 2.26. The van der Waals surface area contributed by atoms with Gasteiger partial charge in [-0.1, -0.05) is 43.3 Å². The minimum absolute atomic E-state index is 1.14. The van der Waals surface area contributed by atoms with Gasteiger partial charge >= 0.3 is 0 Å². The van der Waals surface area contributed by atoms with Crippen LogP contribution in [0.25, 0.3) is 0 Å². The number of benzene rings is 1. The Morgan fingerprint density at radius 1 is 1.07 bits per heavy atom. The lowest BCUT2D eigenvalue weighted by Gasteiger charge is -2.01. The first-order valence-corrected chi connectivity index (χ1v) is 5.55. The van der Waals surface area contributed by atoms with Crippen molar-refractivity contribution in [2.75, 3.05) is 0 Å². The molecular formula is C14H20. The van der Waals surface area contributed by atoms with Crippen LogP contribution in [0.4, 0.5) is 0 Å². The lowest BCUT2D eigenvalue weighted by molar-refractivity contribution is 0.841. The highest BCUT2D eigenvalue weighted by Crippen LogP contribution is 2.08. The average Bonchev–Trinajstić information content (AvgIpc) is 2.25. The molecule has 0 fully saturated rings. The van der Waals surface area contributed by atoms with Crippen molar-refractivity contribution in [3.63, 3.8) is 0 Å². The quantitative estimate of drug-likeness (QED) is 0.481. The van der Waals surface area contributed by atoms with Crippen molar-refractivity contribution in [2.45, 2.75) is 39.5 Å². The third-order valence-electron chi connectivity index (χ3n) is 2.50. The maximum absolute atomic E-state index is 2.26. The summed E-state index contributed by atoms with van der Waals surface area (Å²) in [5.41, 5.74) is 2.90. The SMILES string of the molecule is C/C=C\CCCc1ccc(CC)cc1. The van der Waals surface area contributed by atoms with Crippen LogP contribution in [0.2, 0.25) is 0 Å². The van der Waals surface area contributed by atoms with Gasteiger partial charge in [0.15, 0.2) is 0 Å². The molecule has 1 aromatic rings. The molecule has 0 radical (unpaired) electrons. The molecule has 0 aromatic heterocycles. The molecule has 0 atom stereocenters. The van der Waals surface area contributed by atoms with Gasteiger partial charge in [-0.15, -0.1) is 0 Å². The van der Waals surface area contributed by atoms with Gasteiger partial charge in [0, 0.05) is 0 Å². The highest BCUT2D eigenvalue weighted by Gasteiger charge is 1.92. The zero-order valence-corrected chi connectivity index (χ0v) is 9.29. The molecule has 76 valence electrons. The molecule has 0 spiro atoms. The first-order chi connectivity index (χ1) is 6.86. The predicted molar refractivity (Wildman–Crippen MR) is 63.6 cm³/mol. The Balaban J connectivity index is 2.36. The summed E-state index contributed by atoms with van der Waals surface area (Å²) >= 11 is 0. The van der Waals surface area contributed by atoms with Gasteiger partial charge in [0.2, 0.25) is 0 Å². The molecule has 0 saturated carbocycles. The van der Waals surface area contributed by atoms with Crippen LogP contribution in [0.3, 0.4) is 0 Å². The summed E-state index contributed by atoms with van der Waals surface area (Å²) in [6, 6.07) is 9.00. The van der Waals surface area contributed by atoms with Crippen LogP contribution in [0.15, 0.2) is 36.4 Å². The average molecular weight is 188 g/mol. The first-order valence-electron chi connectivity index (χ1n) is 5.55. The summed E-state index contributed by atoms with van der Waals surface area (Å²) in [5.74, 6) is 0. The largest absolute Gasteiger partial charge is 0.0917 e. The minimum Gasteiger partial charge on any atom is -0.0917 e. The predicted octanol–water partition coefficient (Wildman–Crippen LogP) is 4.15. The molecule has 0 unspecified atom stereocenters. The highest BCUT2D eigenvalue weighted by molar-refractivity contribution is 5.22. The van der Waals surface area contributed by atoms with Gasteiger partial charge in [0.05, 0.1) is 0 Å². The van der Waals surface area contributed by atoms with Crippen molar-refractivity contribution >= 4 is 0 Å². The lowest BCUT2D eigenvalue weighted by atomic mass is 10.1. The van der Waals surface area contributed by atoms with E-state index in [1.165, 1.54) is 30.4 Å². The van der Waals surface area contributed by atoms with E-state index in [4.69, 9.17) is 0 Å². The molecular weight excluding hydrogens is 168 g/mol. The summed E-state index contributed by atoms with van der Waals surface area (Å²) in [5, 5.41) is 0. The maximum Gasteiger partial charge on any atom is -0.0276 e. The van der Waals surface area contributed by atoms with E-state index in [9.17, 15) is 0 Å². The lowest BCUT2D eigenvalue weighted by Crippen LogP contribution is -1.86. The van der Waals surface area contributed by atoms with Crippen LogP contribution >= 0.6 is 0 Å². The zero-order chi connectivity index (χ0) is 10.2. The fraction of sp³-hybridized carbons (Fsp3) is 0.429. The molecule has 1 aromatic carbocycles. The molecule has 0 amide bonds. The Morgan fingerprint density at radius 3 is 2.29 bits per heavy atom. The van der Waals surface area contributed by atoms with Crippen molar-refractivity contribution in [1.29, 1.82) is 0 Å². The van der Waals surface area contributed by atoms with Crippen molar-refractivity contribution < 1.29 is 0 Å². The summed E-state index contributed by atoms with van der Waals surface area (Å²) in [6.45, 7) is 4.27. The van der Waals surface area contributed by atoms with Gasteiger partial charge < -0.3 is 0 Å². The number of hydrogen-bond acceptors (Lipinski definition) is 0. The van der Waals surface area contributed by atoms with Crippen LogP contribution in [0.1, 0.15) is 37.8 Å². The van der Waals surface area contributed by atoms with E-state index in [1.807, 2.05) is 0 Å². The molecule has 1 rings (SSSR count). The fourth-order valence-electron chi connectivity index (χ4n) is 1.53. The third kappa shape index (κ3) is 3.78. The topological polar surface area (TPSA) is 0 Å². The molecule has 0 aliphatic carbocycles. The van der Waals surface area contributed by atoms with Crippen LogP contribution in [-0.2, 0) is 12.8 Å². The van der Waals surface area contributed by atoms with E-state index in [0.717, 1.165) is 6.42 Å². The Labute approximate surface area is 87.7 Å². The number of allylic oxidation sites excluding steroid dienone is 2. The molecule has 0 saturated heterocycles. The van der Waals surface area contributed by atoms with Gasteiger partial charge in [0.25, 0.3) is 0 Å². The molecule has 0 heterocycles. The van der Waals surface area contributed by atoms with Gasteiger partial charge in [-0.25, -0.2) is 0 Å².